The molecule has 0 spiro atoms. The molecule has 0 radical (unpaired) electrons. The topological polar surface area (TPSA) is 43.4 Å². The molecule has 0 saturated carbocycles. The van der Waals surface area contributed by atoms with Crippen molar-refractivity contribution in [3.8, 4) is 5.75 Å². The Hall–Kier alpha value is -0.740. The van der Waals surface area contributed by atoms with Crippen LogP contribution in [0.2, 0.25) is 0 Å². The Morgan fingerprint density at radius 3 is 2.38 bits per heavy atom. The third-order valence-corrected chi connectivity index (χ3v) is 4.34. The summed E-state index contributed by atoms with van der Waals surface area (Å²) in [7, 11) is 3.37. The minimum Gasteiger partial charge on any atom is -0.496 e. The van der Waals surface area contributed by atoms with Crippen molar-refractivity contribution in [3.05, 3.63) is 23.3 Å². The number of benzene rings is 1. The van der Waals surface area contributed by atoms with Gasteiger partial charge in [0.1, 0.15) is 5.75 Å². The maximum absolute atomic E-state index is 11.4. The summed E-state index contributed by atoms with van der Waals surface area (Å²) in [5.74, 6) is 0.763. The Labute approximate surface area is 99.8 Å². The molecule has 1 aromatic rings. The van der Waals surface area contributed by atoms with Crippen LogP contribution < -0.4 is 4.74 Å². The van der Waals surface area contributed by atoms with Crippen LogP contribution in [-0.4, -0.2) is 15.5 Å². The second-order valence-electron chi connectivity index (χ2n) is 3.87. The summed E-state index contributed by atoms with van der Waals surface area (Å²) in [6.07, 6.45) is 3.68. The third-order valence-electron chi connectivity index (χ3n) is 2.93. The largest absolute Gasteiger partial charge is 0.496 e. The van der Waals surface area contributed by atoms with Crippen LogP contribution in [0.4, 0.5) is 0 Å². The number of halogens is 1. The summed E-state index contributed by atoms with van der Waals surface area (Å²) < 4.78 is 28.1. The summed E-state index contributed by atoms with van der Waals surface area (Å²) in [4.78, 5) is 0.240. The van der Waals surface area contributed by atoms with Crippen LogP contribution in [0.5, 0.6) is 5.75 Å². The normalized spacial score (nSPS) is 15.6. The molecule has 1 aliphatic rings. The lowest BCUT2D eigenvalue weighted by Gasteiger charge is -2.20. The lowest BCUT2D eigenvalue weighted by molar-refractivity contribution is 0.405. The van der Waals surface area contributed by atoms with E-state index in [0.717, 1.165) is 42.6 Å². The zero-order valence-corrected chi connectivity index (χ0v) is 10.6. The molecule has 16 heavy (non-hydrogen) atoms. The van der Waals surface area contributed by atoms with E-state index in [1.807, 2.05) is 0 Å². The molecule has 1 aliphatic carbocycles. The molecule has 0 aromatic heterocycles. The van der Waals surface area contributed by atoms with E-state index in [4.69, 9.17) is 15.4 Å². The molecule has 1 aromatic carbocycles. The highest BCUT2D eigenvalue weighted by molar-refractivity contribution is 8.13. The summed E-state index contributed by atoms with van der Waals surface area (Å²) in [6.45, 7) is 0. The average Bonchev–Trinajstić information content (AvgIpc) is 2.26. The van der Waals surface area contributed by atoms with Gasteiger partial charge in [-0.05, 0) is 48.9 Å². The highest BCUT2D eigenvalue weighted by Gasteiger charge is 2.23. The lowest BCUT2D eigenvalue weighted by atomic mass is 9.91. The Kier molecular flexibility index (Phi) is 3.13. The SMILES string of the molecule is COc1ccc(S(=O)(=O)Cl)c2c1CCCC2. The van der Waals surface area contributed by atoms with Crippen molar-refractivity contribution in [1.29, 1.82) is 0 Å². The van der Waals surface area contributed by atoms with Gasteiger partial charge in [-0.3, -0.25) is 0 Å². The van der Waals surface area contributed by atoms with E-state index in [1.54, 1.807) is 13.2 Å². The fourth-order valence-electron chi connectivity index (χ4n) is 2.22. The van der Waals surface area contributed by atoms with Crippen molar-refractivity contribution in [2.24, 2.45) is 0 Å². The second-order valence-corrected chi connectivity index (χ2v) is 6.40. The van der Waals surface area contributed by atoms with Crippen LogP contribution in [0, 0.1) is 0 Å². The second kappa shape index (κ2) is 4.26. The van der Waals surface area contributed by atoms with Crippen LogP contribution in [0.15, 0.2) is 17.0 Å². The van der Waals surface area contributed by atoms with E-state index in [2.05, 4.69) is 0 Å². The summed E-state index contributed by atoms with van der Waals surface area (Å²) in [5, 5.41) is 0. The van der Waals surface area contributed by atoms with Gasteiger partial charge >= 0.3 is 0 Å². The molecule has 2 rings (SSSR count). The molecular weight excluding hydrogens is 248 g/mol. The van der Waals surface area contributed by atoms with E-state index >= 15 is 0 Å². The molecule has 0 unspecified atom stereocenters. The van der Waals surface area contributed by atoms with Gasteiger partial charge in [-0.15, -0.1) is 0 Å². The van der Waals surface area contributed by atoms with Gasteiger partial charge in [0.2, 0.25) is 0 Å². The fourth-order valence-corrected chi connectivity index (χ4v) is 3.41. The van der Waals surface area contributed by atoms with E-state index in [9.17, 15) is 8.42 Å². The molecule has 0 bridgehead atoms. The maximum Gasteiger partial charge on any atom is 0.261 e. The van der Waals surface area contributed by atoms with E-state index in [-0.39, 0.29) is 4.90 Å². The lowest BCUT2D eigenvalue weighted by Crippen LogP contribution is -2.09. The van der Waals surface area contributed by atoms with Gasteiger partial charge in [-0.2, -0.15) is 0 Å². The Bertz CT molecular complexity index is 508. The van der Waals surface area contributed by atoms with Crippen LogP contribution in [-0.2, 0) is 21.9 Å². The molecule has 0 atom stereocenters. The molecule has 0 heterocycles. The van der Waals surface area contributed by atoms with Crippen molar-refractivity contribution in [2.45, 2.75) is 30.6 Å². The van der Waals surface area contributed by atoms with E-state index < -0.39 is 9.05 Å². The third kappa shape index (κ3) is 2.04. The van der Waals surface area contributed by atoms with Gasteiger partial charge in [0.25, 0.3) is 9.05 Å². The van der Waals surface area contributed by atoms with Crippen LogP contribution in [0.1, 0.15) is 24.0 Å². The first-order chi connectivity index (χ1) is 7.54. The zero-order chi connectivity index (χ0) is 11.8. The van der Waals surface area contributed by atoms with Gasteiger partial charge < -0.3 is 4.74 Å². The average molecular weight is 261 g/mol. The van der Waals surface area contributed by atoms with Gasteiger partial charge in [-0.1, -0.05) is 0 Å². The minimum atomic E-state index is -3.65. The number of hydrogen-bond donors (Lipinski definition) is 0. The van der Waals surface area contributed by atoms with Gasteiger partial charge in [0.05, 0.1) is 12.0 Å². The number of hydrogen-bond acceptors (Lipinski definition) is 3. The van der Waals surface area contributed by atoms with Gasteiger partial charge in [-0.25, -0.2) is 8.42 Å². The van der Waals surface area contributed by atoms with Crippen LogP contribution in [0.3, 0.4) is 0 Å². The monoisotopic (exact) mass is 260 g/mol. The molecule has 5 heteroatoms. The minimum absolute atomic E-state index is 0.240. The molecule has 0 N–H and O–H groups in total. The summed E-state index contributed by atoms with van der Waals surface area (Å²) in [5.41, 5.74) is 1.83. The Morgan fingerprint density at radius 1 is 1.19 bits per heavy atom. The van der Waals surface area contributed by atoms with Crippen molar-refractivity contribution >= 4 is 19.7 Å². The predicted octanol–water partition coefficient (Wildman–Crippen LogP) is 2.50. The standard InChI is InChI=1S/C11H13ClO3S/c1-15-10-6-7-11(16(12,13)14)9-5-3-2-4-8(9)10/h6-7H,2-5H2,1H3. The number of rotatable bonds is 2. The Morgan fingerprint density at radius 2 is 1.81 bits per heavy atom. The highest BCUT2D eigenvalue weighted by Crippen LogP contribution is 2.35. The molecule has 0 saturated heterocycles. The number of fused-ring (bicyclic) bond motifs is 1. The highest BCUT2D eigenvalue weighted by atomic mass is 35.7. The molecule has 0 aliphatic heterocycles. The first-order valence-electron chi connectivity index (χ1n) is 5.17. The van der Waals surface area contributed by atoms with Crippen molar-refractivity contribution in [2.75, 3.05) is 7.11 Å². The maximum atomic E-state index is 11.4. The van der Waals surface area contributed by atoms with Crippen molar-refractivity contribution < 1.29 is 13.2 Å². The molecule has 3 nitrogen and oxygen atoms in total. The first kappa shape index (κ1) is 11.7. The summed E-state index contributed by atoms with van der Waals surface area (Å²) in [6, 6.07) is 3.21. The molecule has 0 amide bonds. The van der Waals surface area contributed by atoms with Crippen LogP contribution in [0.25, 0.3) is 0 Å². The smallest absolute Gasteiger partial charge is 0.261 e. The molecule has 0 fully saturated rings. The van der Waals surface area contributed by atoms with Gasteiger partial charge in [0.15, 0.2) is 0 Å². The molecular formula is C11H13ClO3S. The zero-order valence-electron chi connectivity index (χ0n) is 8.99. The summed E-state index contributed by atoms with van der Waals surface area (Å²) >= 11 is 0. The first-order valence-corrected chi connectivity index (χ1v) is 7.48. The van der Waals surface area contributed by atoms with E-state index in [1.165, 1.54) is 6.07 Å². The molecule has 88 valence electrons. The number of methoxy groups -OCH3 is 1. The fraction of sp³-hybridized carbons (Fsp3) is 0.455. The van der Waals surface area contributed by atoms with E-state index in [0.29, 0.717) is 0 Å². The Balaban J connectivity index is 2.66. The quantitative estimate of drug-likeness (QED) is 0.768. The van der Waals surface area contributed by atoms with Crippen LogP contribution >= 0.6 is 10.7 Å². The van der Waals surface area contributed by atoms with Crippen molar-refractivity contribution in [1.82, 2.24) is 0 Å². The van der Waals surface area contributed by atoms with Crippen molar-refractivity contribution in [3.63, 3.8) is 0 Å². The number of ether oxygens (including phenoxy) is 1. The predicted molar refractivity (Wildman–Crippen MR) is 62.7 cm³/mol. The van der Waals surface area contributed by atoms with Gasteiger partial charge in [0, 0.05) is 10.7 Å².